The summed E-state index contributed by atoms with van der Waals surface area (Å²) in [7, 11) is 8.54. The average Bonchev–Trinajstić information content (AvgIpc) is 2.38. The van der Waals surface area contributed by atoms with Crippen LogP contribution >= 0.6 is 0 Å². The van der Waals surface area contributed by atoms with Gasteiger partial charge in [-0.05, 0) is 52.3 Å². The van der Waals surface area contributed by atoms with Crippen molar-refractivity contribution in [1.82, 2.24) is 0 Å². The quantitative estimate of drug-likeness (QED) is 0.590. The first-order valence-electron chi connectivity index (χ1n) is 7.62. The standard InChI is InChI=1S/C18H30NO3/c1-9-17(5,19(7,8)16(2,3)4)18(6,22)13-10-11-14(20)15(21)12-13/h7,10-12,20-22H,9H2,1-6,8H3/q+1. The van der Waals surface area contributed by atoms with Crippen molar-refractivity contribution in [2.45, 2.75) is 64.6 Å². The van der Waals surface area contributed by atoms with Gasteiger partial charge in [0.15, 0.2) is 11.5 Å². The van der Waals surface area contributed by atoms with E-state index in [0.29, 0.717) is 12.0 Å². The van der Waals surface area contributed by atoms with Crippen LogP contribution in [0.15, 0.2) is 18.2 Å². The van der Waals surface area contributed by atoms with Gasteiger partial charge in [-0.15, -0.1) is 0 Å². The molecule has 0 saturated heterocycles. The molecular formula is C18H30NO3+. The van der Waals surface area contributed by atoms with Crippen LogP contribution in [0.4, 0.5) is 0 Å². The largest absolute Gasteiger partial charge is 0.504 e. The van der Waals surface area contributed by atoms with Crippen LogP contribution in [0, 0.1) is 7.05 Å². The van der Waals surface area contributed by atoms with Gasteiger partial charge in [0, 0.05) is 6.42 Å². The molecule has 2 radical (unpaired) electrons. The molecule has 0 aliphatic carbocycles. The Kier molecular flexibility index (Phi) is 4.63. The molecule has 3 unspecified atom stereocenters. The summed E-state index contributed by atoms with van der Waals surface area (Å²) in [5, 5.41) is 30.6. The highest BCUT2D eigenvalue weighted by molar-refractivity contribution is 5.43. The average molecular weight is 308 g/mol. The predicted octanol–water partition coefficient (Wildman–Crippen LogP) is 3.39. The number of nitrogens with zero attached hydrogens (tertiary/aromatic N) is 1. The second-order valence-corrected chi connectivity index (χ2v) is 7.65. The van der Waals surface area contributed by atoms with E-state index in [1.54, 1.807) is 13.0 Å². The molecule has 3 N–H and O–H groups in total. The minimum atomic E-state index is -1.30. The Balaban J connectivity index is 3.52. The molecule has 4 heteroatoms. The first-order valence-corrected chi connectivity index (χ1v) is 7.62. The third-order valence-electron chi connectivity index (χ3n) is 5.69. The molecule has 0 saturated carbocycles. The number of likely N-dealkylation sites (N-methyl/N-ethyl adjacent to an activating group) is 1. The minimum Gasteiger partial charge on any atom is -0.504 e. The molecular weight excluding hydrogens is 278 g/mol. The molecule has 22 heavy (non-hydrogen) atoms. The Bertz CT molecular complexity index is 544. The SMILES string of the molecule is [CH][N+](C)(C(C)(C)C)C(C)(CC)C(C)(O)c1ccc(O)c(O)c1. The number of rotatable bonds is 4. The third kappa shape index (κ3) is 2.59. The fourth-order valence-corrected chi connectivity index (χ4v) is 3.00. The van der Waals surface area contributed by atoms with E-state index < -0.39 is 11.1 Å². The first kappa shape index (κ1) is 18.8. The fraction of sp³-hybridized carbons (Fsp3) is 0.611. The Morgan fingerprint density at radius 2 is 1.55 bits per heavy atom. The molecule has 0 fully saturated rings. The molecule has 1 aromatic rings. The Hall–Kier alpha value is -1.26. The van der Waals surface area contributed by atoms with Crippen LogP contribution in [-0.4, -0.2) is 37.9 Å². The molecule has 0 aromatic heterocycles. The second kappa shape index (κ2) is 5.43. The Morgan fingerprint density at radius 1 is 1.05 bits per heavy atom. The van der Waals surface area contributed by atoms with Crippen molar-refractivity contribution in [3.05, 3.63) is 30.8 Å². The van der Waals surface area contributed by atoms with Crippen molar-refractivity contribution < 1.29 is 19.8 Å². The van der Waals surface area contributed by atoms with Crippen molar-refractivity contribution in [2.75, 3.05) is 7.05 Å². The lowest BCUT2D eigenvalue weighted by Gasteiger charge is -2.58. The van der Waals surface area contributed by atoms with E-state index in [0.717, 1.165) is 0 Å². The van der Waals surface area contributed by atoms with Gasteiger partial charge in [-0.25, -0.2) is 0 Å². The van der Waals surface area contributed by atoms with Gasteiger partial charge in [0.2, 0.25) is 7.05 Å². The summed E-state index contributed by atoms with van der Waals surface area (Å²) in [6.07, 6.45) is 0.631. The fourth-order valence-electron chi connectivity index (χ4n) is 3.00. The number of benzene rings is 1. The summed E-state index contributed by atoms with van der Waals surface area (Å²) in [5.74, 6) is -0.461. The molecule has 0 amide bonds. The molecule has 0 aliphatic heterocycles. The highest BCUT2D eigenvalue weighted by Gasteiger charge is 2.58. The number of quaternary nitrogens is 1. The van der Waals surface area contributed by atoms with Crippen LogP contribution in [0.1, 0.15) is 53.5 Å². The normalized spacial score (nSPS) is 18.6. The highest BCUT2D eigenvalue weighted by atomic mass is 16.3. The molecule has 1 rings (SSSR count). The van der Waals surface area contributed by atoms with Crippen molar-refractivity contribution in [2.24, 2.45) is 0 Å². The summed E-state index contributed by atoms with van der Waals surface area (Å²) in [6.45, 7) is 11.7. The number of aromatic hydroxyl groups is 2. The molecule has 0 bridgehead atoms. The zero-order valence-electron chi connectivity index (χ0n) is 14.8. The smallest absolute Gasteiger partial charge is 0.207 e. The molecule has 0 heterocycles. The van der Waals surface area contributed by atoms with E-state index in [1.165, 1.54) is 12.1 Å². The Morgan fingerprint density at radius 3 is 1.91 bits per heavy atom. The number of hydrogen-bond donors (Lipinski definition) is 3. The van der Waals surface area contributed by atoms with Crippen molar-refractivity contribution >= 4 is 0 Å². The maximum Gasteiger partial charge on any atom is 0.207 e. The lowest BCUT2D eigenvalue weighted by molar-refractivity contribution is -0.969. The lowest BCUT2D eigenvalue weighted by atomic mass is 9.71. The van der Waals surface area contributed by atoms with E-state index in [-0.39, 0.29) is 21.5 Å². The molecule has 124 valence electrons. The van der Waals surface area contributed by atoms with Gasteiger partial charge >= 0.3 is 0 Å². The molecule has 3 atom stereocenters. The molecule has 0 aliphatic rings. The zero-order chi connectivity index (χ0) is 17.6. The highest BCUT2D eigenvalue weighted by Crippen LogP contribution is 2.47. The van der Waals surface area contributed by atoms with E-state index in [4.69, 9.17) is 7.05 Å². The molecule has 0 spiro atoms. The molecule has 1 aromatic carbocycles. The zero-order valence-corrected chi connectivity index (χ0v) is 14.8. The number of phenolic OH excluding ortho intramolecular Hbond substituents is 2. The van der Waals surface area contributed by atoms with Crippen molar-refractivity contribution in [3.8, 4) is 11.5 Å². The van der Waals surface area contributed by atoms with Gasteiger partial charge in [-0.3, -0.25) is 0 Å². The van der Waals surface area contributed by atoms with E-state index in [2.05, 4.69) is 0 Å². The summed E-state index contributed by atoms with van der Waals surface area (Å²) >= 11 is 0. The van der Waals surface area contributed by atoms with Crippen LogP contribution < -0.4 is 0 Å². The number of hydrogen-bond acceptors (Lipinski definition) is 3. The number of aliphatic hydroxyl groups is 1. The van der Waals surface area contributed by atoms with Gasteiger partial charge < -0.3 is 19.8 Å². The maximum atomic E-state index is 11.3. The van der Waals surface area contributed by atoms with Crippen molar-refractivity contribution in [3.63, 3.8) is 0 Å². The number of phenols is 2. The van der Waals surface area contributed by atoms with E-state index in [9.17, 15) is 15.3 Å². The first-order chi connectivity index (χ1) is 9.72. The van der Waals surface area contributed by atoms with Crippen LogP contribution in [0.3, 0.4) is 0 Å². The van der Waals surface area contributed by atoms with Crippen LogP contribution in [0.5, 0.6) is 11.5 Å². The van der Waals surface area contributed by atoms with Gasteiger partial charge in [-0.1, -0.05) is 13.0 Å². The van der Waals surface area contributed by atoms with Gasteiger partial charge in [-0.2, -0.15) is 0 Å². The third-order valence-corrected chi connectivity index (χ3v) is 5.69. The lowest BCUT2D eigenvalue weighted by Crippen LogP contribution is -2.72. The van der Waals surface area contributed by atoms with Gasteiger partial charge in [0.1, 0.15) is 11.1 Å². The van der Waals surface area contributed by atoms with Crippen LogP contribution in [-0.2, 0) is 5.60 Å². The minimum absolute atomic E-state index is 0.102. The maximum absolute atomic E-state index is 11.3. The monoisotopic (exact) mass is 308 g/mol. The van der Waals surface area contributed by atoms with Gasteiger partial charge in [0.25, 0.3) is 0 Å². The van der Waals surface area contributed by atoms with Crippen molar-refractivity contribution in [1.29, 1.82) is 0 Å². The second-order valence-electron chi connectivity index (χ2n) is 7.65. The summed E-state index contributed by atoms with van der Waals surface area (Å²) in [4.78, 5) is 0. The van der Waals surface area contributed by atoms with Gasteiger partial charge in [0.05, 0.1) is 12.6 Å². The predicted molar refractivity (Wildman–Crippen MR) is 88.3 cm³/mol. The topological polar surface area (TPSA) is 60.7 Å². The van der Waals surface area contributed by atoms with Crippen LogP contribution in [0.25, 0.3) is 0 Å². The molecule has 4 nitrogen and oxygen atoms in total. The van der Waals surface area contributed by atoms with E-state index in [1.807, 2.05) is 41.7 Å². The Labute approximate surface area is 134 Å². The van der Waals surface area contributed by atoms with Crippen LogP contribution in [0.2, 0.25) is 0 Å². The van der Waals surface area contributed by atoms with E-state index >= 15 is 0 Å². The summed E-state index contributed by atoms with van der Waals surface area (Å²) < 4.78 is 0.102. The summed E-state index contributed by atoms with van der Waals surface area (Å²) in [6, 6.07) is 4.39. The summed E-state index contributed by atoms with van der Waals surface area (Å²) in [5.41, 5.74) is -1.79.